The summed E-state index contributed by atoms with van der Waals surface area (Å²) in [6, 6.07) is 13.5. The minimum atomic E-state index is -1.02. The molecule has 2 N–H and O–H groups in total. The highest BCUT2D eigenvalue weighted by Gasteiger charge is 2.11. The highest BCUT2D eigenvalue weighted by Crippen LogP contribution is 2.16. The lowest BCUT2D eigenvalue weighted by Gasteiger charge is -2.08. The molecule has 0 spiro atoms. The maximum absolute atomic E-state index is 13.3. The number of aromatic nitrogens is 2. The number of hydrogen-bond acceptors (Lipinski definition) is 5. The zero-order valence-electron chi connectivity index (χ0n) is 12.8. The molecule has 0 amide bonds. The zero-order chi connectivity index (χ0) is 17.8. The van der Waals surface area contributed by atoms with Crippen LogP contribution in [-0.2, 0) is 0 Å². The van der Waals surface area contributed by atoms with Crippen molar-refractivity contribution >= 4 is 17.3 Å². The van der Waals surface area contributed by atoms with E-state index in [9.17, 15) is 8.78 Å². The van der Waals surface area contributed by atoms with Gasteiger partial charge in [0, 0.05) is 17.4 Å². The van der Waals surface area contributed by atoms with Crippen molar-refractivity contribution < 1.29 is 8.78 Å². The highest BCUT2D eigenvalue weighted by molar-refractivity contribution is 6.09. The summed E-state index contributed by atoms with van der Waals surface area (Å²) in [5, 5.41) is 19.9. The molecule has 0 aliphatic heterocycles. The fraction of sp³-hybridized carbons (Fsp3) is 0. The van der Waals surface area contributed by atoms with E-state index in [-0.39, 0.29) is 22.9 Å². The molecule has 0 bridgehead atoms. The lowest BCUT2D eigenvalue weighted by atomic mass is 10.1. The largest absolute Gasteiger partial charge is 0.324 e. The zero-order valence-corrected chi connectivity index (χ0v) is 12.8. The van der Waals surface area contributed by atoms with Crippen LogP contribution in [0.15, 0.2) is 54.7 Å². The highest BCUT2D eigenvalue weighted by atomic mass is 19.2. The smallest absolute Gasteiger partial charge is 0.227 e. The molecule has 7 heteroatoms. The molecular formula is C18H11F2N5. The Bertz CT molecular complexity index is 978. The molecule has 0 aliphatic carbocycles. The molecule has 2 aromatic carbocycles. The third-order valence-corrected chi connectivity index (χ3v) is 3.39. The van der Waals surface area contributed by atoms with Crippen LogP contribution in [0.5, 0.6) is 0 Å². The van der Waals surface area contributed by atoms with E-state index >= 15 is 0 Å². The Morgan fingerprint density at radius 1 is 1.04 bits per heavy atom. The van der Waals surface area contributed by atoms with Gasteiger partial charge in [-0.15, -0.1) is 0 Å². The summed E-state index contributed by atoms with van der Waals surface area (Å²) in [6.07, 6.45) is 1.46. The van der Waals surface area contributed by atoms with Crippen molar-refractivity contribution in [3.05, 3.63) is 83.2 Å². The van der Waals surface area contributed by atoms with Crippen LogP contribution in [0.25, 0.3) is 0 Å². The summed E-state index contributed by atoms with van der Waals surface area (Å²) in [4.78, 5) is 8.28. The average Bonchev–Trinajstić information content (AvgIpc) is 2.64. The van der Waals surface area contributed by atoms with Crippen LogP contribution in [-0.4, -0.2) is 15.7 Å². The van der Waals surface area contributed by atoms with Gasteiger partial charge in [-0.2, -0.15) is 5.26 Å². The molecular weight excluding hydrogens is 324 g/mol. The molecule has 5 nitrogen and oxygen atoms in total. The topological polar surface area (TPSA) is 85.5 Å². The normalized spacial score (nSPS) is 10.1. The van der Waals surface area contributed by atoms with Crippen molar-refractivity contribution in [2.24, 2.45) is 0 Å². The molecule has 122 valence electrons. The number of nitriles is 1. The molecule has 0 fully saturated rings. The van der Waals surface area contributed by atoms with Crippen molar-refractivity contribution in [1.29, 1.82) is 10.7 Å². The minimum absolute atomic E-state index is 0.0517. The Morgan fingerprint density at radius 3 is 2.48 bits per heavy atom. The van der Waals surface area contributed by atoms with E-state index in [2.05, 4.69) is 15.3 Å². The maximum Gasteiger partial charge on any atom is 0.227 e. The third kappa shape index (κ3) is 3.64. The molecule has 1 heterocycles. The molecule has 3 aromatic rings. The molecule has 0 saturated heterocycles. The van der Waals surface area contributed by atoms with Gasteiger partial charge in [0.2, 0.25) is 5.95 Å². The molecule has 25 heavy (non-hydrogen) atoms. The van der Waals surface area contributed by atoms with Gasteiger partial charge in [0.15, 0.2) is 11.6 Å². The van der Waals surface area contributed by atoms with Gasteiger partial charge in [-0.3, -0.25) is 5.41 Å². The van der Waals surface area contributed by atoms with Crippen molar-refractivity contribution in [3.63, 3.8) is 0 Å². The van der Waals surface area contributed by atoms with Crippen molar-refractivity contribution in [1.82, 2.24) is 9.97 Å². The summed E-state index contributed by atoms with van der Waals surface area (Å²) >= 11 is 0. The SMILES string of the molecule is N#Cc1ccc(Nc2nccc(C(=N)c3ccc(F)c(F)c3)n2)cc1. The van der Waals surface area contributed by atoms with Crippen LogP contribution in [0.1, 0.15) is 16.8 Å². The van der Waals surface area contributed by atoms with Gasteiger partial charge in [-0.1, -0.05) is 0 Å². The number of halogens is 2. The van der Waals surface area contributed by atoms with Gasteiger partial charge in [-0.05, 0) is 48.5 Å². The predicted octanol–water partition coefficient (Wildman–Crippen LogP) is 3.79. The van der Waals surface area contributed by atoms with E-state index in [1.54, 1.807) is 24.3 Å². The lowest BCUT2D eigenvalue weighted by molar-refractivity contribution is 0.508. The lowest BCUT2D eigenvalue weighted by Crippen LogP contribution is -2.08. The first-order valence-electron chi connectivity index (χ1n) is 7.21. The molecule has 0 unspecified atom stereocenters. The number of hydrogen-bond donors (Lipinski definition) is 2. The van der Waals surface area contributed by atoms with Crippen LogP contribution < -0.4 is 5.32 Å². The minimum Gasteiger partial charge on any atom is -0.324 e. The summed E-state index contributed by atoms with van der Waals surface area (Å²) in [5.74, 6) is -1.75. The summed E-state index contributed by atoms with van der Waals surface area (Å²) in [6.45, 7) is 0. The van der Waals surface area contributed by atoms with Crippen LogP contribution in [0.3, 0.4) is 0 Å². The first-order valence-corrected chi connectivity index (χ1v) is 7.21. The van der Waals surface area contributed by atoms with E-state index in [0.717, 1.165) is 12.1 Å². The standard InChI is InChI=1S/C18H11F2N5/c19-14-6-3-12(9-15(14)20)17(22)16-7-8-23-18(25-16)24-13-4-1-11(10-21)2-5-13/h1-9,22H,(H,23,24,25). The van der Waals surface area contributed by atoms with Gasteiger partial charge < -0.3 is 5.32 Å². The van der Waals surface area contributed by atoms with Crippen LogP contribution in [0, 0.1) is 28.4 Å². The molecule has 0 radical (unpaired) electrons. The van der Waals surface area contributed by atoms with Crippen LogP contribution >= 0.6 is 0 Å². The van der Waals surface area contributed by atoms with E-state index < -0.39 is 11.6 Å². The van der Waals surface area contributed by atoms with Crippen molar-refractivity contribution in [2.75, 3.05) is 5.32 Å². The van der Waals surface area contributed by atoms with Crippen molar-refractivity contribution in [3.8, 4) is 6.07 Å². The first-order chi connectivity index (χ1) is 12.1. The summed E-state index contributed by atoms with van der Waals surface area (Å²) in [7, 11) is 0. The molecule has 0 aliphatic rings. The Hall–Kier alpha value is -3.66. The van der Waals surface area contributed by atoms with Gasteiger partial charge in [0.25, 0.3) is 0 Å². The predicted molar refractivity (Wildman–Crippen MR) is 88.8 cm³/mol. The number of anilines is 2. The quantitative estimate of drug-likeness (QED) is 0.710. The summed E-state index contributed by atoms with van der Waals surface area (Å²) in [5.41, 5.74) is 1.62. The molecule has 3 rings (SSSR count). The monoisotopic (exact) mass is 335 g/mol. The van der Waals surface area contributed by atoms with Crippen LogP contribution in [0.4, 0.5) is 20.4 Å². The molecule has 0 atom stereocenters. The number of nitrogens with one attached hydrogen (secondary N) is 2. The number of rotatable bonds is 4. The number of benzene rings is 2. The molecule has 1 aromatic heterocycles. The van der Waals surface area contributed by atoms with E-state index in [0.29, 0.717) is 11.3 Å². The Labute approximate surface area is 142 Å². The van der Waals surface area contributed by atoms with E-state index in [4.69, 9.17) is 10.7 Å². The Balaban J connectivity index is 1.84. The molecule has 0 saturated carbocycles. The Kier molecular flexibility index (Phi) is 4.44. The van der Waals surface area contributed by atoms with Gasteiger partial charge >= 0.3 is 0 Å². The first kappa shape index (κ1) is 16.2. The number of nitrogens with zero attached hydrogens (tertiary/aromatic N) is 3. The van der Waals surface area contributed by atoms with E-state index in [1.165, 1.54) is 18.3 Å². The van der Waals surface area contributed by atoms with Crippen LogP contribution in [0.2, 0.25) is 0 Å². The fourth-order valence-corrected chi connectivity index (χ4v) is 2.11. The average molecular weight is 335 g/mol. The second-order valence-electron chi connectivity index (χ2n) is 5.08. The Morgan fingerprint density at radius 2 is 1.80 bits per heavy atom. The maximum atomic E-state index is 13.3. The second kappa shape index (κ2) is 6.84. The third-order valence-electron chi connectivity index (χ3n) is 3.39. The second-order valence-corrected chi connectivity index (χ2v) is 5.08. The van der Waals surface area contributed by atoms with Gasteiger partial charge in [0.05, 0.1) is 23.0 Å². The van der Waals surface area contributed by atoms with Crippen molar-refractivity contribution in [2.45, 2.75) is 0 Å². The van der Waals surface area contributed by atoms with Gasteiger partial charge in [-0.25, -0.2) is 18.7 Å². The van der Waals surface area contributed by atoms with Gasteiger partial charge in [0.1, 0.15) is 0 Å². The summed E-state index contributed by atoms with van der Waals surface area (Å²) < 4.78 is 26.4. The fourth-order valence-electron chi connectivity index (χ4n) is 2.11. The van der Waals surface area contributed by atoms with E-state index in [1.807, 2.05) is 6.07 Å².